The second-order valence-corrected chi connectivity index (χ2v) is 5.34. The zero-order valence-corrected chi connectivity index (χ0v) is 11.6. The van der Waals surface area contributed by atoms with Crippen LogP contribution in [0.2, 0.25) is 0 Å². The van der Waals surface area contributed by atoms with E-state index in [2.05, 4.69) is 23.7 Å². The van der Waals surface area contributed by atoms with E-state index < -0.39 is 0 Å². The van der Waals surface area contributed by atoms with Crippen molar-refractivity contribution >= 4 is 0 Å². The third kappa shape index (κ3) is 3.80. The lowest BCUT2D eigenvalue weighted by Gasteiger charge is -2.34. The first-order chi connectivity index (χ1) is 9.60. The van der Waals surface area contributed by atoms with E-state index in [4.69, 9.17) is 5.11 Å². The highest BCUT2D eigenvalue weighted by Crippen LogP contribution is 2.19. The standard InChI is InChI=1S/C16H20FNO2/c1-12-6-7-18(11-16(12)20)10-13-4-5-15(17)14(9-13)3-2-8-19/h4-5,9,12,16,19-20H,6-8,10-11H2,1H3. The van der Waals surface area contributed by atoms with Gasteiger partial charge in [-0.25, -0.2) is 4.39 Å². The van der Waals surface area contributed by atoms with Gasteiger partial charge in [0.05, 0.1) is 11.7 Å². The largest absolute Gasteiger partial charge is 0.392 e. The average molecular weight is 277 g/mol. The molecule has 4 heteroatoms. The topological polar surface area (TPSA) is 43.7 Å². The molecule has 0 amide bonds. The molecule has 2 rings (SSSR count). The minimum atomic E-state index is -0.373. The van der Waals surface area contributed by atoms with Crippen LogP contribution in [-0.2, 0) is 6.54 Å². The first-order valence-electron chi connectivity index (χ1n) is 6.88. The number of aliphatic hydroxyl groups excluding tert-OH is 2. The minimum absolute atomic E-state index is 0.278. The average Bonchev–Trinajstić information content (AvgIpc) is 2.43. The molecule has 108 valence electrons. The zero-order valence-electron chi connectivity index (χ0n) is 11.6. The monoisotopic (exact) mass is 277 g/mol. The summed E-state index contributed by atoms with van der Waals surface area (Å²) in [5.41, 5.74) is 1.28. The van der Waals surface area contributed by atoms with E-state index in [0.29, 0.717) is 24.6 Å². The van der Waals surface area contributed by atoms with Crippen molar-refractivity contribution in [2.45, 2.75) is 26.0 Å². The maximum atomic E-state index is 13.5. The number of aliphatic hydroxyl groups is 2. The van der Waals surface area contributed by atoms with Gasteiger partial charge in [-0.15, -0.1) is 0 Å². The van der Waals surface area contributed by atoms with Crippen LogP contribution in [0.1, 0.15) is 24.5 Å². The van der Waals surface area contributed by atoms with Crippen LogP contribution >= 0.6 is 0 Å². The molecule has 2 unspecified atom stereocenters. The fraction of sp³-hybridized carbons (Fsp3) is 0.500. The smallest absolute Gasteiger partial charge is 0.138 e. The van der Waals surface area contributed by atoms with Gasteiger partial charge in [-0.1, -0.05) is 24.8 Å². The number of hydrogen-bond acceptors (Lipinski definition) is 3. The predicted molar refractivity (Wildman–Crippen MR) is 75.4 cm³/mol. The summed E-state index contributed by atoms with van der Waals surface area (Å²) in [5, 5.41) is 18.6. The molecule has 1 fully saturated rings. The molecule has 1 aromatic rings. The molecule has 0 radical (unpaired) electrons. The van der Waals surface area contributed by atoms with Crippen molar-refractivity contribution in [3.8, 4) is 11.8 Å². The normalized spacial score (nSPS) is 23.2. The molecule has 1 aromatic carbocycles. The van der Waals surface area contributed by atoms with Crippen LogP contribution in [0.4, 0.5) is 4.39 Å². The number of piperidine rings is 1. The summed E-state index contributed by atoms with van der Waals surface area (Å²) in [6.07, 6.45) is 0.678. The van der Waals surface area contributed by atoms with Gasteiger partial charge in [0.25, 0.3) is 0 Å². The molecule has 3 nitrogen and oxygen atoms in total. The van der Waals surface area contributed by atoms with Crippen molar-refractivity contribution in [1.29, 1.82) is 0 Å². The first kappa shape index (κ1) is 15.0. The molecule has 0 aromatic heterocycles. The Hall–Kier alpha value is -1.41. The lowest BCUT2D eigenvalue weighted by atomic mass is 9.95. The first-order valence-corrected chi connectivity index (χ1v) is 6.88. The Bertz CT molecular complexity index is 521. The molecular formula is C16H20FNO2. The van der Waals surface area contributed by atoms with Crippen LogP contribution in [-0.4, -0.2) is 40.9 Å². The van der Waals surface area contributed by atoms with Crippen molar-refractivity contribution < 1.29 is 14.6 Å². The van der Waals surface area contributed by atoms with Gasteiger partial charge in [0.1, 0.15) is 12.4 Å². The molecule has 1 heterocycles. The van der Waals surface area contributed by atoms with Crippen molar-refractivity contribution in [1.82, 2.24) is 4.90 Å². The molecule has 0 aliphatic carbocycles. The maximum absolute atomic E-state index is 13.5. The highest BCUT2D eigenvalue weighted by atomic mass is 19.1. The molecule has 1 saturated heterocycles. The Morgan fingerprint density at radius 3 is 2.95 bits per heavy atom. The number of β-amino-alcohol motifs (C(OH)–C–C–N with tert-alkyl or cyclic N) is 1. The van der Waals surface area contributed by atoms with E-state index in [1.54, 1.807) is 12.1 Å². The van der Waals surface area contributed by atoms with E-state index in [1.807, 2.05) is 0 Å². The number of hydrogen-bond donors (Lipinski definition) is 2. The summed E-state index contributed by atoms with van der Waals surface area (Å²) in [6.45, 7) is 4.05. The SMILES string of the molecule is CC1CCN(Cc2ccc(F)c(C#CCO)c2)CC1O. The van der Waals surface area contributed by atoms with Gasteiger partial charge >= 0.3 is 0 Å². The fourth-order valence-corrected chi connectivity index (χ4v) is 2.42. The number of nitrogens with zero attached hydrogens (tertiary/aromatic N) is 1. The molecule has 0 spiro atoms. The molecule has 2 atom stereocenters. The van der Waals surface area contributed by atoms with E-state index in [9.17, 15) is 9.50 Å². The van der Waals surface area contributed by atoms with E-state index in [0.717, 1.165) is 18.5 Å². The molecular weight excluding hydrogens is 257 g/mol. The van der Waals surface area contributed by atoms with Crippen molar-refractivity contribution in [3.63, 3.8) is 0 Å². The number of rotatable bonds is 2. The molecule has 1 aliphatic heterocycles. The van der Waals surface area contributed by atoms with E-state index in [1.165, 1.54) is 6.07 Å². The van der Waals surface area contributed by atoms with Crippen molar-refractivity contribution in [2.24, 2.45) is 5.92 Å². The molecule has 1 aliphatic rings. The van der Waals surface area contributed by atoms with Gasteiger partial charge < -0.3 is 10.2 Å². The number of likely N-dealkylation sites (tertiary alicyclic amines) is 1. The summed E-state index contributed by atoms with van der Waals surface area (Å²) in [4.78, 5) is 2.17. The predicted octanol–water partition coefficient (Wildman–Crippen LogP) is 1.37. The third-order valence-corrected chi connectivity index (χ3v) is 3.74. The maximum Gasteiger partial charge on any atom is 0.138 e. The van der Waals surface area contributed by atoms with Crippen LogP contribution in [0.25, 0.3) is 0 Å². The lowest BCUT2D eigenvalue weighted by Crippen LogP contribution is -2.42. The minimum Gasteiger partial charge on any atom is -0.392 e. The van der Waals surface area contributed by atoms with Crippen molar-refractivity contribution in [3.05, 3.63) is 35.1 Å². The van der Waals surface area contributed by atoms with Crippen LogP contribution in [0.15, 0.2) is 18.2 Å². The Balaban J connectivity index is 2.06. The van der Waals surface area contributed by atoms with Gasteiger partial charge in [0, 0.05) is 13.1 Å². The van der Waals surface area contributed by atoms with Crippen molar-refractivity contribution in [2.75, 3.05) is 19.7 Å². The highest BCUT2D eigenvalue weighted by molar-refractivity contribution is 5.38. The highest BCUT2D eigenvalue weighted by Gasteiger charge is 2.24. The number of benzene rings is 1. The van der Waals surface area contributed by atoms with Gasteiger partial charge in [0.2, 0.25) is 0 Å². The van der Waals surface area contributed by atoms with Crippen LogP contribution in [0.3, 0.4) is 0 Å². The van der Waals surface area contributed by atoms with E-state index >= 15 is 0 Å². The molecule has 0 bridgehead atoms. The van der Waals surface area contributed by atoms with Gasteiger partial charge in [0.15, 0.2) is 0 Å². The quantitative estimate of drug-likeness (QED) is 0.803. The Morgan fingerprint density at radius 1 is 1.45 bits per heavy atom. The summed E-state index contributed by atoms with van der Waals surface area (Å²) < 4.78 is 13.5. The summed E-state index contributed by atoms with van der Waals surface area (Å²) in [6, 6.07) is 4.85. The summed E-state index contributed by atoms with van der Waals surface area (Å²) in [7, 11) is 0. The second-order valence-electron chi connectivity index (χ2n) is 5.34. The van der Waals surface area contributed by atoms with Gasteiger partial charge in [-0.05, 0) is 36.6 Å². The molecule has 20 heavy (non-hydrogen) atoms. The summed E-state index contributed by atoms with van der Waals surface area (Å²) >= 11 is 0. The third-order valence-electron chi connectivity index (χ3n) is 3.74. The Morgan fingerprint density at radius 2 is 2.25 bits per heavy atom. The Labute approximate surface area is 119 Å². The van der Waals surface area contributed by atoms with Gasteiger partial charge in [-0.2, -0.15) is 0 Å². The Kier molecular flexibility index (Phi) is 5.13. The molecule has 2 N–H and O–H groups in total. The number of halogens is 1. The van der Waals surface area contributed by atoms with E-state index in [-0.39, 0.29) is 18.5 Å². The molecule has 0 saturated carbocycles. The lowest BCUT2D eigenvalue weighted by molar-refractivity contribution is 0.0259. The second kappa shape index (κ2) is 6.85. The van der Waals surface area contributed by atoms with Gasteiger partial charge in [-0.3, -0.25) is 4.90 Å². The fourth-order valence-electron chi connectivity index (χ4n) is 2.42. The van der Waals surface area contributed by atoms with Crippen LogP contribution < -0.4 is 0 Å². The van der Waals surface area contributed by atoms with Crippen LogP contribution in [0, 0.1) is 23.6 Å². The summed E-state index contributed by atoms with van der Waals surface area (Å²) in [5.74, 6) is 5.04. The zero-order chi connectivity index (χ0) is 14.5. The van der Waals surface area contributed by atoms with Crippen LogP contribution in [0.5, 0.6) is 0 Å².